The molecule has 0 atom stereocenters. The molecule has 0 saturated heterocycles. The molecule has 1 heterocycles. The van der Waals surface area contributed by atoms with Crippen LogP contribution in [-0.2, 0) is 11.0 Å². The maximum absolute atomic E-state index is 13.3. The molecule has 182 valence electrons. The number of hydrogen-bond donors (Lipinski definition) is 2. The summed E-state index contributed by atoms with van der Waals surface area (Å²) in [4.78, 5) is 16.6. The number of carbonyl (C=O) groups is 1. The van der Waals surface area contributed by atoms with Gasteiger partial charge in [0.05, 0.1) is 16.8 Å². The number of benzene rings is 2. The number of aromatic nitrogens is 1. The topological polar surface area (TPSA) is 62.2 Å². The van der Waals surface area contributed by atoms with Gasteiger partial charge < -0.3 is 10.4 Å². The highest BCUT2D eigenvalue weighted by Crippen LogP contribution is 2.33. The van der Waals surface area contributed by atoms with Gasteiger partial charge in [0.2, 0.25) is 0 Å². The quantitative estimate of drug-likeness (QED) is 0.259. The number of anilines is 1. The van der Waals surface area contributed by atoms with E-state index in [1.54, 1.807) is 25.3 Å². The van der Waals surface area contributed by atoms with Crippen molar-refractivity contribution in [3.63, 3.8) is 0 Å². The van der Waals surface area contributed by atoms with E-state index in [9.17, 15) is 23.1 Å². The summed E-state index contributed by atoms with van der Waals surface area (Å²) >= 11 is 0. The van der Waals surface area contributed by atoms with Crippen LogP contribution in [0.15, 0.2) is 72.9 Å². The maximum Gasteiger partial charge on any atom is 0.416 e. The smallest absolute Gasteiger partial charge is 0.416 e. The predicted octanol–water partition coefficient (Wildman–Crippen LogP) is 7.47. The minimum absolute atomic E-state index is 0.0196. The summed E-state index contributed by atoms with van der Waals surface area (Å²) in [6.45, 7) is 6.30. The van der Waals surface area contributed by atoms with E-state index in [1.807, 2.05) is 44.2 Å². The zero-order valence-electron chi connectivity index (χ0n) is 19.8. The number of pyridine rings is 1. The lowest BCUT2D eigenvalue weighted by atomic mass is 9.95. The number of nitrogens with one attached hydrogen (secondary N) is 1. The summed E-state index contributed by atoms with van der Waals surface area (Å²) in [6.07, 6.45) is 0.916. The Hall–Kier alpha value is -3.87. The molecule has 3 rings (SSSR count). The Morgan fingerprint density at radius 1 is 1.06 bits per heavy atom. The van der Waals surface area contributed by atoms with Gasteiger partial charge in [0.1, 0.15) is 0 Å². The van der Waals surface area contributed by atoms with Gasteiger partial charge >= 0.3 is 12.1 Å². The number of rotatable bonds is 8. The molecule has 1 aromatic heterocycles. The van der Waals surface area contributed by atoms with Crippen LogP contribution in [0.1, 0.15) is 42.7 Å². The first kappa shape index (κ1) is 25.7. The highest BCUT2D eigenvalue weighted by molar-refractivity contribution is 6.18. The normalized spacial score (nSPS) is 12.5. The molecular formula is C28H27F3N2O2. The molecular weight excluding hydrogens is 453 g/mol. The second kappa shape index (κ2) is 11.0. The highest BCUT2D eigenvalue weighted by atomic mass is 19.4. The van der Waals surface area contributed by atoms with Crippen molar-refractivity contribution in [1.29, 1.82) is 0 Å². The zero-order chi connectivity index (χ0) is 25.6. The van der Waals surface area contributed by atoms with E-state index in [-0.39, 0.29) is 11.1 Å². The summed E-state index contributed by atoms with van der Waals surface area (Å²) in [7, 11) is 0. The Kier molecular flexibility index (Phi) is 8.12. The van der Waals surface area contributed by atoms with E-state index in [2.05, 4.69) is 10.3 Å². The lowest BCUT2D eigenvalue weighted by Crippen LogP contribution is -2.08. The van der Waals surface area contributed by atoms with E-state index in [0.717, 1.165) is 35.5 Å². The fourth-order valence-electron chi connectivity index (χ4n) is 3.70. The first-order valence-electron chi connectivity index (χ1n) is 11.3. The molecule has 0 aliphatic heterocycles. The number of allylic oxidation sites excluding steroid dienone is 3. The van der Waals surface area contributed by atoms with Crippen molar-refractivity contribution in [2.24, 2.45) is 0 Å². The van der Waals surface area contributed by atoms with Gasteiger partial charge in [-0.2, -0.15) is 13.2 Å². The molecule has 0 bridgehead atoms. The number of alkyl halides is 3. The molecule has 0 spiro atoms. The van der Waals surface area contributed by atoms with Gasteiger partial charge in [0, 0.05) is 24.0 Å². The van der Waals surface area contributed by atoms with Gasteiger partial charge in [0.25, 0.3) is 0 Å². The number of aliphatic carboxylic acids is 1. The Labute approximate surface area is 202 Å². The zero-order valence-corrected chi connectivity index (χ0v) is 19.8. The number of carboxylic acid groups (broad SMARTS) is 1. The van der Waals surface area contributed by atoms with Crippen molar-refractivity contribution >= 4 is 22.8 Å². The SMILES string of the molecule is CC/C=C(/C=C(/C(=O)O)c1cc(C(F)(F)F)ccc1C)c1ccc(-c2cccc(NCC)c2)cn1. The summed E-state index contributed by atoms with van der Waals surface area (Å²) in [6, 6.07) is 14.7. The second-order valence-electron chi connectivity index (χ2n) is 8.00. The van der Waals surface area contributed by atoms with E-state index in [1.165, 1.54) is 12.1 Å². The fourth-order valence-corrected chi connectivity index (χ4v) is 3.70. The molecule has 0 saturated carbocycles. The van der Waals surface area contributed by atoms with Crippen molar-refractivity contribution in [3.05, 3.63) is 95.3 Å². The van der Waals surface area contributed by atoms with Crippen molar-refractivity contribution in [3.8, 4) is 11.1 Å². The summed E-state index contributed by atoms with van der Waals surface area (Å²) in [5.41, 5.74) is 3.25. The van der Waals surface area contributed by atoms with Crippen LogP contribution < -0.4 is 5.32 Å². The van der Waals surface area contributed by atoms with Crippen LogP contribution in [-0.4, -0.2) is 22.6 Å². The molecule has 7 heteroatoms. The third kappa shape index (κ3) is 6.38. The van der Waals surface area contributed by atoms with Crippen LogP contribution in [0.3, 0.4) is 0 Å². The third-order valence-electron chi connectivity index (χ3n) is 5.45. The number of halogens is 3. The van der Waals surface area contributed by atoms with Crippen LogP contribution in [0.4, 0.5) is 18.9 Å². The molecule has 0 unspecified atom stereocenters. The van der Waals surface area contributed by atoms with Gasteiger partial charge in [-0.3, -0.25) is 4.98 Å². The Bertz CT molecular complexity index is 1260. The largest absolute Gasteiger partial charge is 0.478 e. The fraction of sp³-hybridized carbons (Fsp3) is 0.214. The van der Waals surface area contributed by atoms with E-state index >= 15 is 0 Å². The molecule has 0 fully saturated rings. The molecule has 4 nitrogen and oxygen atoms in total. The number of nitrogens with zero attached hydrogens (tertiary/aromatic N) is 1. The highest BCUT2D eigenvalue weighted by Gasteiger charge is 2.31. The number of aryl methyl sites for hydroxylation is 1. The summed E-state index contributed by atoms with van der Waals surface area (Å²) < 4.78 is 39.8. The van der Waals surface area contributed by atoms with Crippen molar-refractivity contribution < 1.29 is 23.1 Å². The molecule has 0 amide bonds. The average Bonchev–Trinajstić information content (AvgIpc) is 2.82. The van der Waals surface area contributed by atoms with Crippen LogP contribution >= 0.6 is 0 Å². The van der Waals surface area contributed by atoms with Gasteiger partial charge in [-0.05, 0) is 78.9 Å². The molecule has 2 aromatic carbocycles. The minimum Gasteiger partial charge on any atom is -0.478 e. The molecule has 35 heavy (non-hydrogen) atoms. The minimum atomic E-state index is -4.57. The summed E-state index contributed by atoms with van der Waals surface area (Å²) in [5, 5.41) is 13.1. The molecule has 2 N–H and O–H groups in total. The van der Waals surface area contributed by atoms with Crippen LogP contribution in [0.25, 0.3) is 22.3 Å². The van der Waals surface area contributed by atoms with E-state index in [0.29, 0.717) is 23.3 Å². The first-order valence-corrected chi connectivity index (χ1v) is 11.3. The van der Waals surface area contributed by atoms with Crippen molar-refractivity contribution in [2.75, 3.05) is 11.9 Å². The third-order valence-corrected chi connectivity index (χ3v) is 5.45. The lowest BCUT2D eigenvalue weighted by molar-refractivity contribution is -0.137. The van der Waals surface area contributed by atoms with Crippen LogP contribution in [0, 0.1) is 6.92 Å². The Morgan fingerprint density at radius 3 is 2.43 bits per heavy atom. The monoisotopic (exact) mass is 480 g/mol. The number of carboxylic acids is 1. The Morgan fingerprint density at radius 2 is 1.83 bits per heavy atom. The number of hydrogen-bond acceptors (Lipinski definition) is 3. The molecule has 3 aromatic rings. The standard InChI is InChI=1S/C28H27F3N2O2/c1-4-7-20(15-25(27(34)35)24-16-22(28(29,30)31)12-10-18(24)3)26-13-11-21(17-33-26)19-8-6-9-23(14-19)32-5-2/h6-17,32H,4-5H2,1-3H3,(H,34,35)/b20-7-,25-15+. The van der Waals surface area contributed by atoms with Crippen molar-refractivity contribution in [1.82, 2.24) is 4.98 Å². The first-order chi connectivity index (χ1) is 16.6. The second-order valence-corrected chi connectivity index (χ2v) is 8.00. The van der Waals surface area contributed by atoms with Gasteiger partial charge in [-0.1, -0.05) is 37.3 Å². The van der Waals surface area contributed by atoms with Gasteiger partial charge in [-0.15, -0.1) is 0 Å². The molecule has 0 radical (unpaired) electrons. The molecule has 0 aliphatic carbocycles. The van der Waals surface area contributed by atoms with Gasteiger partial charge in [0.15, 0.2) is 0 Å². The molecule has 0 aliphatic rings. The van der Waals surface area contributed by atoms with Crippen molar-refractivity contribution in [2.45, 2.75) is 33.4 Å². The van der Waals surface area contributed by atoms with Gasteiger partial charge in [-0.25, -0.2) is 4.79 Å². The van der Waals surface area contributed by atoms with Crippen LogP contribution in [0.5, 0.6) is 0 Å². The average molecular weight is 481 g/mol. The summed E-state index contributed by atoms with van der Waals surface area (Å²) in [5.74, 6) is -1.31. The van der Waals surface area contributed by atoms with E-state index in [4.69, 9.17) is 0 Å². The maximum atomic E-state index is 13.3. The van der Waals surface area contributed by atoms with Crippen LogP contribution in [0.2, 0.25) is 0 Å². The predicted molar refractivity (Wildman–Crippen MR) is 134 cm³/mol. The lowest BCUT2D eigenvalue weighted by Gasteiger charge is -2.13. The Balaban J connectivity index is 2.03. The van der Waals surface area contributed by atoms with E-state index < -0.39 is 17.7 Å².